The number of hydrogen-bond acceptors (Lipinski definition) is 5. The molecule has 2 aromatic carbocycles. The topological polar surface area (TPSA) is 86.2 Å². The normalized spacial score (nSPS) is 11.7. The van der Waals surface area contributed by atoms with Gasteiger partial charge in [-0.3, -0.25) is 14.5 Å². The highest BCUT2D eigenvalue weighted by Crippen LogP contribution is 2.22. The average molecular weight is 468 g/mol. The molecule has 2 rings (SSSR count). The molecule has 0 heterocycles. The lowest BCUT2D eigenvalue weighted by Crippen LogP contribution is -2.51. The number of carbonyl (C=O) groups is 2. The molecule has 2 N–H and O–H groups in total. The molecule has 0 unspecified atom stereocenters. The number of quaternary nitrogens is 1. The van der Waals surface area contributed by atoms with E-state index >= 15 is 0 Å². The highest BCUT2D eigenvalue weighted by molar-refractivity contribution is 5.92. The fraction of sp³-hybridized carbons (Fsp3) is 0.462. The summed E-state index contributed by atoms with van der Waals surface area (Å²) >= 11 is 0. The molecule has 0 saturated carbocycles. The Labute approximate surface area is 203 Å². The molecule has 0 aromatic heterocycles. The molecule has 184 valence electrons. The first kappa shape index (κ1) is 27.1. The summed E-state index contributed by atoms with van der Waals surface area (Å²) in [4.78, 5) is 26.7. The second kappa shape index (κ2) is 13.6. The minimum Gasteiger partial charge on any atom is -0.325 e. The summed E-state index contributed by atoms with van der Waals surface area (Å²) in [7, 11) is 0. The van der Waals surface area contributed by atoms with Crippen LogP contribution in [0.1, 0.15) is 34.6 Å². The fourth-order valence-corrected chi connectivity index (χ4v) is 3.70. The number of benzene rings is 2. The summed E-state index contributed by atoms with van der Waals surface area (Å²) in [5, 5.41) is 14.4. The quantitative estimate of drug-likeness (QED) is 0.314. The summed E-state index contributed by atoms with van der Waals surface area (Å²) < 4.78 is 0.774. The lowest BCUT2D eigenvalue weighted by atomic mass is 10.2. The SMILES string of the molecule is CCN(CC)CC(=O)Nc1ccc(N=Nc2ccc(NC(=O)C[N+](CC)(CC)CC)cc2)cc1. The van der Waals surface area contributed by atoms with Crippen LogP contribution in [0.25, 0.3) is 0 Å². The molecule has 0 atom stereocenters. The van der Waals surface area contributed by atoms with Crippen molar-refractivity contribution in [3.05, 3.63) is 48.5 Å². The smallest absolute Gasteiger partial charge is 0.279 e. The van der Waals surface area contributed by atoms with Gasteiger partial charge in [0.1, 0.15) is 0 Å². The number of nitrogens with one attached hydrogen (secondary N) is 2. The molecular weight excluding hydrogens is 428 g/mol. The minimum atomic E-state index is -0.0334. The van der Waals surface area contributed by atoms with Crippen LogP contribution in [0.5, 0.6) is 0 Å². The molecule has 2 aromatic rings. The van der Waals surface area contributed by atoms with Gasteiger partial charge in [0.2, 0.25) is 5.91 Å². The van der Waals surface area contributed by atoms with Crippen LogP contribution in [0.3, 0.4) is 0 Å². The number of nitrogens with zero attached hydrogens (tertiary/aromatic N) is 4. The van der Waals surface area contributed by atoms with E-state index in [4.69, 9.17) is 0 Å². The fourth-order valence-electron chi connectivity index (χ4n) is 3.70. The van der Waals surface area contributed by atoms with Gasteiger partial charge in [0.15, 0.2) is 6.54 Å². The highest BCUT2D eigenvalue weighted by atomic mass is 16.2. The van der Waals surface area contributed by atoms with Crippen molar-refractivity contribution in [3.63, 3.8) is 0 Å². The zero-order valence-electron chi connectivity index (χ0n) is 21.2. The number of rotatable bonds is 13. The predicted octanol–water partition coefficient (Wildman–Crippen LogP) is 5.20. The predicted molar refractivity (Wildman–Crippen MR) is 139 cm³/mol. The van der Waals surface area contributed by atoms with Crippen LogP contribution in [0, 0.1) is 0 Å². The van der Waals surface area contributed by atoms with E-state index in [9.17, 15) is 9.59 Å². The van der Waals surface area contributed by atoms with Crippen LogP contribution in [-0.4, -0.2) is 67.0 Å². The monoisotopic (exact) mass is 467 g/mol. The summed E-state index contributed by atoms with van der Waals surface area (Å²) in [6.45, 7) is 15.8. The molecular formula is C26H39N6O2+. The third kappa shape index (κ3) is 8.35. The molecule has 0 radical (unpaired) electrons. The van der Waals surface area contributed by atoms with Crippen LogP contribution in [-0.2, 0) is 9.59 Å². The van der Waals surface area contributed by atoms with Crippen molar-refractivity contribution in [3.8, 4) is 0 Å². The number of carbonyl (C=O) groups excluding carboxylic acids is 2. The van der Waals surface area contributed by atoms with E-state index in [-0.39, 0.29) is 11.8 Å². The molecule has 0 aliphatic carbocycles. The zero-order chi connectivity index (χ0) is 25.0. The maximum Gasteiger partial charge on any atom is 0.279 e. The number of azo groups is 1. The van der Waals surface area contributed by atoms with Gasteiger partial charge < -0.3 is 15.1 Å². The Morgan fingerprint density at radius 3 is 1.50 bits per heavy atom. The Morgan fingerprint density at radius 1 is 0.706 bits per heavy atom. The van der Waals surface area contributed by atoms with Gasteiger partial charge in [-0.1, -0.05) is 13.8 Å². The van der Waals surface area contributed by atoms with Gasteiger partial charge in [-0.2, -0.15) is 10.2 Å². The molecule has 8 nitrogen and oxygen atoms in total. The minimum absolute atomic E-state index is 0.0178. The number of hydrogen-bond donors (Lipinski definition) is 2. The molecule has 0 spiro atoms. The molecule has 0 aliphatic heterocycles. The van der Waals surface area contributed by atoms with E-state index in [1.165, 1.54) is 0 Å². The van der Waals surface area contributed by atoms with Crippen LogP contribution >= 0.6 is 0 Å². The van der Waals surface area contributed by atoms with Crippen LogP contribution in [0.15, 0.2) is 58.8 Å². The maximum atomic E-state index is 12.5. The molecule has 0 bridgehead atoms. The van der Waals surface area contributed by atoms with Crippen molar-refractivity contribution < 1.29 is 14.1 Å². The van der Waals surface area contributed by atoms with E-state index in [1.54, 1.807) is 0 Å². The first-order chi connectivity index (χ1) is 16.4. The largest absolute Gasteiger partial charge is 0.325 e. The van der Waals surface area contributed by atoms with Crippen LogP contribution < -0.4 is 10.6 Å². The first-order valence-electron chi connectivity index (χ1n) is 12.2. The zero-order valence-corrected chi connectivity index (χ0v) is 21.2. The van der Waals surface area contributed by atoms with Crippen molar-refractivity contribution >= 4 is 34.6 Å². The Morgan fingerprint density at radius 2 is 1.12 bits per heavy atom. The molecule has 34 heavy (non-hydrogen) atoms. The second-order valence-electron chi connectivity index (χ2n) is 8.30. The average Bonchev–Trinajstić information content (AvgIpc) is 2.86. The van der Waals surface area contributed by atoms with Crippen molar-refractivity contribution in [1.82, 2.24) is 4.90 Å². The van der Waals surface area contributed by atoms with Crippen LogP contribution in [0.4, 0.5) is 22.7 Å². The van der Waals surface area contributed by atoms with Gasteiger partial charge in [-0.15, -0.1) is 0 Å². The van der Waals surface area contributed by atoms with E-state index < -0.39 is 0 Å². The maximum absolute atomic E-state index is 12.5. The summed E-state index contributed by atoms with van der Waals surface area (Å²) in [6.07, 6.45) is 0. The number of anilines is 2. The van der Waals surface area contributed by atoms with Crippen molar-refractivity contribution in [2.45, 2.75) is 34.6 Å². The highest BCUT2D eigenvalue weighted by Gasteiger charge is 2.24. The molecule has 8 heteroatoms. The summed E-state index contributed by atoms with van der Waals surface area (Å²) in [5.74, 6) is -0.0156. The van der Waals surface area contributed by atoms with Crippen LogP contribution in [0.2, 0.25) is 0 Å². The third-order valence-corrected chi connectivity index (χ3v) is 6.34. The third-order valence-electron chi connectivity index (χ3n) is 6.34. The van der Waals surface area contributed by atoms with Gasteiger partial charge in [-0.05, 0) is 82.4 Å². The van der Waals surface area contributed by atoms with E-state index in [0.717, 1.165) is 48.6 Å². The summed E-state index contributed by atoms with van der Waals surface area (Å²) in [6, 6.07) is 14.6. The Balaban J connectivity index is 1.90. The van der Waals surface area contributed by atoms with E-state index in [2.05, 4.69) is 46.5 Å². The first-order valence-corrected chi connectivity index (χ1v) is 12.2. The Bertz CT molecular complexity index is 925. The Hall–Kier alpha value is -3.10. The molecule has 0 aliphatic rings. The van der Waals surface area contributed by atoms with Gasteiger partial charge in [0, 0.05) is 11.4 Å². The van der Waals surface area contributed by atoms with Gasteiger partial charge in [0.25, 0.3) is 5.91 Å². The molecule has 0 fully saturated rings. The van der Waals surface area contributed by atoms with E-state index in [0.29, 0.717) is 24.5 Å². The van der Waals surface area contributed by atoms with Crippen molar-refractivity contribution in [2.24, 2.45) is 10.2 Å². The number of amides is 2. The van der Waals surface area contributed by atoms with Gasteiger partial charge in [-0.25, -0.2) is 0 Å². The van der Waals surface area contributed by atoms with Gasteiger partial charge >= 0.3 is 0 Å². The second-order valence-corrected chi connectivity index (χ2v) is 8.30. The lowest BCUT2D eigenvalue weighted by molar-refractivity contribution is -0.915. The number of likely N-dealkylation sites (N-methyl/N-ethyl adjacent to an activating group) is 2. The van der Waals surface area contributed by atoms with Gasteiger partial charge in [0.05, 0.1) is 37.6 Å². The lowest BCUT2D eigenvalue weighted by Gasteiger charge is -2.34. The van der Waals surface area contributed by atoms with E-state index in [1.807, 2.05) is 62.4 Å². The summed E-state index contributed by atoms with van der Waals surface area (Å²) in [5.41, 5.74) is 2.85. The molecule has 0 saturated heterocycles. The standard InChI is InChI=1S/C26H38N6O2/c1-6-31(7-2)19-25(33)27-21-11-15-23(16-12-21)29-30-24-17-13-22(14-18-24)28-26(34)20-32(8-3,9-4)10-5/h11-18H,6-10,19-20H2,1-5H3,(H-,27,28,29,30,33,34)/p+1. The molecule has 2 amide bonds. The van der Waals surface area contributed by atoms with Crippen molar-refractivity contribution in [2.75, 3.05) is 56.4 Å². The Kier molecular flexibility index (Phi) is 10.8. The van der Waals surface area contributed by atoms with Crippen molar-refractivity contribution in [1.29, 1.82) is 0 Å².